The number of nitrogens with one attached hydrogen (secondary N) is 2. The summed E-state index contributed by atoms with van der Waals surface area (Å²) in [7, 11) is 0. The fourth-order valence-corrected chi connectivity index (χ4v) is 4.63. The number of hydrogen-bond donors (Lipinski definition) is 3. The summed E-state index contributed by atoms with van der Waals surface area (Å²) in [6.07, 6.45) is -0.277. The summed E-state index contributed by atoms with van der Waals surface area (Å²) < 4.78 is 10.9. The Morgan fingerprint density at radius 1 is 1.03 bits per heavy atom. The largest absolute Gasteiger partial charge is 0.479 e. The van der Waals surface area contributed by atoms with Gasteiger partial charge in [-0.2, -0.15) is 0 Å². The number of carboxylic acids is 1. The zero-order chi connectivity index (χ0) is 24.1. The molecule has 180 valence electrons. The maximum Gasteiger partial charge on any atom is 0.407 e. The summed E-state index contributed by atoms with van der Waals surface area (Å²) >= 11 is 0. The molecule has 0 radical (unpaired) electrons. The van der Waals surface area contributed by atoms with Gasteiger partial charge in [0.1, 0.15) is 6.61 Å². The molecule has 4 rings (SSSR count). The molecule has 1 aliphatic carbocycles. The molecule has 1 saturated heterocycles. The molecule has 3 N–H and O–H groups in total. The molecule has 0 saturated carbocycles. The van der Waals surface area contributed by atoms with Gasteiger partial charge in [-0.1, -0.05) is 55.5 Å². The van der Waals surface area contributed by atoms with Crippen LogP contribution < -0.4 is 10.6 Å². The number of aliphatic carboxylic acids is 1. The summed E-state index contributed by atoms with van der Waals surface area (Å²) in [5, 5.41) is 14.5. The highest BCUT2D eigenvalue weighted by Crippen LogP contribution is 2.44. The van der Waals surface area contributed by atoms with E-state index in [4.69, 9.17) is 14.6 Å². The highest BCUT2D eigenvalue weighted by atomic mass is 16.5. The van der Waals surface area contributed by atoms with E-state index in [2.05, 4.69) is 34.9 Å². The molecule has 1 fully saturated rings. The molecule has 2 aromatic carbocycles. The third kappa shape index (κ3) is 5.56. The zero-order valence-corrected chi connectivity index (χ0v) is 19.2. The van der Waals surface area contributed by atoms with E-state index in [1.54, 1.807) is 0 Å². The molecule has 3 atom stereocenters. The zero-order valence-electron chi connectivity index (χ0n) is 19.2. The van der Waals surface area contributed by atoms with Crippen LogP contribution in [0.1, 0.15) is 43.2 Å². The molecule has 1 heterocycles. The van der Waals surface area contributed by atoms with E-state index in [1.807, 2.05) is 31.2 Å². The Balaban J connectivity index is 1.18. The van der Waals surface area contributed by atoms with E-state index < -0.39 is 18.2 Å². The van der Waals surface area contributed by atoms with Crippen LogP contribution in [0, 0.1) is 5.92 Å². The maximum atomic E-state index is 12.3. The summed E-state index contributed by atoms with van der Waals surface area (Å²) in [5.41, 5.74) is 4.66. The van der Waals surface area contributed by atoms with Crippen LogP contribution in [-0.4, -0.2) is 55.0 Å². The lowest BCUT2D eigenvalue weighted by Gasteiger charge is -2.17. The van der Waals surface area contributed by atoms with Crippen molar-refractivity contribution in [2.45, 2.75) is 44.3 Å². The number of carbonyl (C=O) groups excluding carboxylic acids is 2. The van der Waals surface area contributed by atoms with Gasteiger partial charge in [-0.3, -0.25) is 4.79 Å². The first-order valence-corrected chi connectivity index (χ1v) is 11.7. The Bertz CT molecular complexity index is 1010. The molecule has 2 aliphatic rings. The molecule has 8 heteroatoms. The number of carbonyl (C=O) groups is 3. The van der Waals surface area contributed by atoms with Crippen LogP contribution in [0.4, 0.5) is 4.79 Å². The lowest BCUT2D eigenvalue weighted by Crippen LogP contribution is -2.36. The van der Waals surface area contributed by atoms with Crippen molar-refractivity contribution in [1.29, 1.82) is 0 Å². The minimum absolute atomic E-state index is 0.000109. The first-order chi connectivity index (χ1) is 16.4. The number of alkyl carbamates (subject to hydrolysis) is 1. The predicted molar refractivity (Wildman–Crippen MR) is 125 cm³/mol. The number of amides is 2. The number of carboxylic acid groups (broad SMARTS) is 1. The lowest BCUT2D eigenvalue weighted by atomic mass is 9.98. The van der Waals surface area contributed by atoms with Gasteiger partial charge in [0.25, 0.3) is 0 Å². The lowest BCUT2D eigenvalue weighted by molar-refractivity contribution is -0.149. The molecule has 0 aromatic heterocycles. The van der Waals surface area contributed by atoms with Crippen LogP contribution in [-0.2, 0) is 19.1 Å². The van der Waals surface area contributed by atoms with E-state index in [9.17, 15) is 14.4 Å². The summed E-state index contributed by atoms with van der Waals surface area (Å²) in [4.78, 5) is 35.4. The summed E-state index contributed by atoms with van der Waals surface area (Å²) in [6.45, 7) is 2.71. The van der Waals surface area contributed by atoms with Gasteiger partial charge in [0.15, 0.2) is 6.10 Å². The monoisotopic (exact) mass is 466 g/mol. The van der Waals surface area contributed by atoms with Crippen molar-refractivity contribution in [2.75, 3.05) is 19.7 Å². The molecule has 8 nitrogen and oxygen atoms in total. The molecule has 2 amide bonds. The summed E-state index contributed by atoms with van der Waals surface area (Å²) in [6, 6.07) is 16.3. The van der Waals surface area contributed by atoms with Gasteiger partial charge in [-0.05, 0) is 41.0 Å². The number of ether oxygens (including phenoxy) is 2. The minimum atomic E-state index is -0.971. The van der Waals surface area contributed by atoms with Gasteiger partial charge < -0.3 is 25.2 Å². The Kier molecular flexibility index (Phi) is 7.47. The minimum Gasteiger partial charge on any atom is -0.479 e. The Morgan fingerprint density at radius 3 is 2.29 bits per heavy atom. The van der Waals surface area contributed by atoms with E-state index in [1.165, 1.54) is 11.1 Å². The van der Waals surface area contributed by atoms with Crippen molar-refractivity contribution >= 4 is 18.0 Å². The number of rotatable bonds is 9. The van der Waals surface area contributed by atoms with Gasteiger partial charge in [-0.15, -0.1) is 0 Å². The van der Waals surface area contributed by atoms with Crippen LogP contribution >= 0.6 is 0 Å². The van der Waals surface area contributed by atoms with Crippen molar-refractivity contribution in [3.05, 3.63) is 59.7 Å². The molecule has 3 unspecified atom stereocenters. The van der Waals surface area contributed by atoms with Gasteiger partial charge in [0.2, 0.25) is 5.91 Å². The average Bonchev–Trinajstić information content (AvgIpc) is 3.43. The second-order valence-electron chi connectivity index (χ2n) is 8.98. The highest BCUT2D eigenvalue weighted by Gasteiger charge is 2.31. The second kappa shape index (κ2) is 10.7. The van der Waals surface area contributed by atoms with E-state index >= 15 is 0 Å². The first-order valence-electron chi connectivity index (χ1n) is 11.7. The third-order valence-corrected chi connectivity index (χ3v) is 6.38. The molecule has 34 heavy (non-hydrogen) atoms. The SMILES string of the molecule is CC(CNC(=O)OCC1c2ccccc2-c2ccccc21)CC(=O)NCC1CCC(C(=O)O)O1. The fourth-order valence-electron chi connectivity index (χ4n) is 4.63. The van der Waals surface area contributed by atoms with E-state index in [0.717, 1.165) is 11.1 Å². The van der Waals surface area contributed by atoms with Crippen molar-refractivity contribution in [2.24, 2.45) is 5.92 Å². The molecule has 1 aliphatic heterocycles. The van der Waals surface area contributed by atoms with Gasteiger partial charge in [0, 0.05) is 25.4 Å². The highest BCUT2D eigenvalue weighted by molar-refractivity contribution is 5.79. The van der Waals surface area contributed by atoms with Crippen molar-refractivity contribution in [3.8, 4) is 11.1 Å². The van der Waals surface area contributed by atoms with Crippen LogP contribution in [0.2, 0.25) is 0 Å². The molecule has 2 aromatic rings. The van der Waals surface area contributed by atoms with Crippen LogP contribution in [0.3, 0.4) is 0 Å². The van der Waals surface area contributed by atoms with Crippen LogP contribution in [0.5, 0.6) is 0 Å². The Morgan fingerprint density at radius 2 is 1.68 bits per heavy atom. The topological polar surface area (TPSA) is 114 Å². The van der Waals surface area contributed by atoms with Crippen LogP contribution in [0.25, 0.3) is 11.1 Å². The van der Waals surface area contributed by atoms with Crippen LogP contribution in [0.15, 0.2) is 48.5 Å². The standard InChI is InChI=1S/C26H30N2O6/c1-16(12-24(29)27-14-17-10-11-23(34-17)25(30)31)13-28-26(32)33-15-22-20-8-4-2-6-18(20)19-7-3-5-9-21(19)22/h2-9,16-17,22-23H,10-15H2,1H3,(H,27,29)(H,28,32)(H,30,31). The predicted octanol–water partition coefficient (Wildman–Crippen LogP) is 3.30. The number of benzene rings is 2. The Hall–Kier alpha value is -3.39. The fraction of sp³-hybridized carbons (Fsp3) is 0.423. The van der Waals surface area contributed by atoms with Gasteiger partial charge in [-0.25, -0.2) is 9.59 Å². The Labute approximate surface area is 198 Å². The summed E-state index contributed by atoms with van der Waals surface area (Å²) in [5.74, 6) is -1.22. The molecular formula is C26H30N2O6. The molecular weight excluding hydrogens is 436 g/mol. The van der Waals surface area contributed by atoms with Gasteiger partial charge >= 0.3 is 12.1 Å². The first kappa shape index (κ1) is 23.8. The molecule has 0 bridgehead atoms. The van der Waals surface area contributed by atoms with E-state index in [0.29, 0.717) is 19.4 Å². The smallest absolute Gasteiger partial charge is 0.407 e. The normalized spacial score (nSPS) is 19.7. The average molecular weight is 467 g/mol. The van der Waals surface area contributed by atoms with Gasteiger partial charge in [0.05, 0.1) is 6.10 Å². The number of hydrogen-bond acceptors (Lipinski definition) is 5. The third-order valence-electron chi connectivity index (χ3n) is 6.38. The van der Waals surface area contributed by atoms with E-state index in [-0.39, 0.29) is 43.4 Å². The maximum absolute atomic E-state index is 12.3. The van der Waals surface area contributed by atoms with Crippen molar-refractivity contribution in [3.63, 3.8) is 0 Å². The van der Waals surface area contributed by atoms with Crippen molar-refractivity contribution < 1.29 is 29.0 Å². The van der Waals surface area contributed by atoms with Crippen molar-refractivity contribution in [1.82, 2.24) is 10.6 Å². The molecule has 0 spiro atoms. The second-order valence-corrected chi connectivity index (χ2v) is 8.98. The number of fused-ring (bicyclic) bond motifs is 3. The quantitative estimate of drug-likeness (QED) is 0.523.